The molecule has 4 heterocycles. The first-order chi connectivity index (χ1) is 10.6. The topological polar surface area (TPSA) is 49.6 Å². The predicted octanol–water partition coefficient (Wildman–Crippen LogP) is 2.73. The van der Waals surface area contributed by atoms with Crippen molar-refractivity contribution in [2.45, 2.75) is 45.3 Å². The summed E-state index contributed by atoms with van der Waals surface area (Å²) < 4.78 is 5.27. The fraction of sp³-hybridized carbons (Fsp3) is 0.500. The fourth-order valence-electron chi connectivity index (χ4n) is 3.79. The molecule has 0 unspecified atom stereocenters. The zero-order valence-electron chi connectivity index (χ0n) is 12.8. The van der Waals surface area contributed by atoms with Crippen LogP contribution in [-0.2, 0) is 11.3 Å². The highest BCUT2D eigenvalue weighted by Gasteiger charge is 2.47. The number of anilines is 1. The maximum atomic E-state index is 12.4. The molecule has 0 bridgehead atoms. The van der Waals surface area contributed by atoms with E-state index >= 15 is 0 Å². The summed E-state index contributed by atoms with van der Waals surface area (Å²) in [5.74, 6) is 1.14. The Bertz CT molecular complexity index is 675. The van der Waals surface area contributed by atoms with Gasteiger partial charge in [-0.1, -0.05) is 5.16 Å². The molecule has 4 rings (SSSR count). The van der Waals surface area contributed by atoms with E-state index in [9.17, 15) is 4.79 Å². The van der Waals surface area contributed by atoms with Gasteiger partial charge in [-0.15, -0.1) is 0 Å². The van der Waals surface area contributed by atoms with Crippen LogP contribution in [0.15, 0.2) is 21.3 Å². The van der Waals surface area contributed by atoms with E-state index in [1.54, 1.807) is 11.3 Å². The molecule has 0 radical (unpaired) electrons. The molecular weight excluding hydrogens is 298 g/mol. The minimum Gasteiger partial charge on any atom is -0.361 e. The second-order valence-electron chi connectivity index (χ2n) is 6.15. The highest BCUT2D eigenvalue weighted by molar-refractivity contribution is 7.08. The zero-order valence-corrected chi connectivity index (χ0v) is 13.6. The number of thiophene rings is 1. The highest BCUT2D eigenvalue weighted by atomic mass is 32.1. The Morgan fingerprint density at radius 1 is 1.41 bits per heavy atom. The second kappa shape index (κ2) is 5.21. The summed E-state index contributed by atoms with van der Waals surface area (Å²) in [5.41, 5.74) is 3.18. The van der Waals surface area contributed by atoms with Crippen LogP contribution in [0.3, 0.4) is 0 Å². The van der Waals surface area contributed by atoms with Crippen LogP contribution in [-0.4, -0.2) is 34.6 Å². The van der Waals surface area contributed by atoms with Crippen LogP contribution < -0.4 is 4.90 Å². The summed E-state index contributed by atoms with van der Waals surface area (Å²) in [6.07, 6.45) is 1.65. The fourth-order valence-corrected chi connectivity index (χ4v) is 4.41. The Balaban J connectivity index is 1.56. The molecule has 2 aromatic heterocycles. The van der Waals surface area contributed by atoms with Crippen LogP contribution in [0.2, 0.25) is 0 Å². The van der Waals surface area contributed by atoms with Gasteiger partial charge in [-0.3, -0.25) is 9.69 Å². The normalized spacial score (nSPS) is 25.2. The number of aromatic nitrogens is 1. The number of carbonyl (C=O) groups excluding carboxylic acids is 1. The summed E-state index contributed by atoms with van der Waals surface area (Å²) in [7, 11) is 0. The van der Waals surface area contributed by atoms with E-state index in [2.05, 4.69) is 15.4 Å². The smallest absolute Gasteiger partial charge is 0.228 e. The van der Waals surface area contributed by atoms with E-state index in [4.69, 9.17) is 4.52 Å². The van der Waals surface area contributed by atoms with Gasteiger partial charge in [0.2, 0.25) is 5.91 Å². The van der Waals surface area contributed by atoms with Crippen molar-refractivity contribution < 1.29 is 9.32 Å². The zero-order chi connectivity index (χ0) is 15.3. The third-order valence-electron chi connectivity index (χ3n) is 4.94. The average molecular weight is 317 g/mol. The van der Waals surface area contributed by atoms with E-state index in [0.29, 0.717) is 18.5 Å². The number of amides is 1. The minimum atomic E-state index is 0.247. The number of hydrogen-bond donors (Lipinski definition) is 0. The summed E-state index contributed by atoms with van der Waals surface area (Å²) in [4.78, 5) is 16.9. The number of nitrogens with zero attached hydrogens (tertiary/aromatic N) is 3. The number of hydrogen-bond acceptors (Lipinski definition) is 5. The van der Waals surface area contributed by atoms with Gasteiger partial charge in [-0.05, 0) is 31.7 Å². The molecule has 2 aliphatic heterocycles. The Kier molecular flexibility index (Phi) is 3.31. The molecule has 2 atom stereocenters. The summed E-state index contributed by atoms with van der Waals surface area (Å²) in [6, 6.07) is 2.66. The molecule has 0 aromatic carbocycles. The lowest BCUT2D eigenvalue weighted by atomic mass is 10.1. The molecule has 1 amide bonds. The van der Waals surface area contributed by atoms with Crippen LogP contribution in [0.5, 0.6) is 0 Å². The van der Waals surface area contributed by atoms with Gasteiger partial charge >= 0.3 is 0 Å². The first-order valence-electron chi connectivity index (χ1n) is 7.65. The van der Waals surface area contributed by atoms with Gasteiger partial charge in [0.15, 0.2) is 0 Å². The average Bonchev–Trinajstić information content (AvgIpc) is 3.23. The van der Waals surface area contributed by atoms with E-state index in [1.807, 2.05) is 30.2 Å². The predicted molar refractivity (Wildman–Crippen MR) is 85.0 cm³/mol. The highest BCUT2D eigenvalue weighted by Crippen LogP contribution is 2.37. The third-order valence-corrected chi connectivity index (χ3v) is 5.61. The molecule has 2 fully saturated rings. The molecule has 6 heteroatoms. The molecule has 0 aliphatic carbocycles. The van der Waals surface area contributed by atoms with E-state index in [0.717, 1.165) is 36.7 Å². The van der Waals surface area contributed by atoms with Crippen molar-refractivity contribution in [1.29, 1.82) is 0 Å². The quantitative estimate of drug-likeness (QED) is 0.873. The molecular formula is C16H19N3O2S. The Hall–Kier alpha value is -1.66. The van der Waals surface area contributed by atoms with Gasteiger partial charge < -0.3 is 9.42 Å². The van der Waals surface area contributed by atoms with Crippen LogP contribution >= 0.6 is 11.3 Å². The van der Waals surface area contributed by atoms with Crippen LogP contribution in [0.1, 0.15) is 29.9 Å². The van der Waals surface area contributed by atoms with Crippen molar-refractivity contribution >= 4 is 22.9 Å². The maximum Gasteiger partial charge on any atom is 0.228 e. The Morgan fingerprint density at radius 2 is 2.27 bits per heavy atom. The van der Waals surface area contributed by atoms with Crippen molar-refractivity contribution in [3.63, 3.8) is 0 Å². The van der Waals surface area contributed by atoms with Gasteiger partial charge in [-0.2, -0.15) is 11.3 Å². The molecule has 2 saturated heterocycles. The molecule has 22 heavy (non-hydrogen) atoms. The summed E-state index contributed by atoms with van der Waals surface area (Å²) in [6.45, 7) is 5.79. The number of fused-ring (bicyclic) bond motifs is 1. The summed E-state index contributed by atoms with van der Waals surface area (Å²) >= 11 is 1.64. The van der Waals surface area contributed by atoms with E-state index in [1.165, 1.54) is 5.56 Å². The molecule has 0 N–H and O–H groups in total. The van der Waals surface area contributed by atoms with Crippen molar-refractivity contribution in [2.75, 3.05) is 11.4 Å². The molecule has 116 valence electrons. The molecule has 0 spiro atoms. The number of aryl methyl sites for hydroxylation is 2. The monoisotopic (exact) mass is 317 g/mol. The second-order valence-corrected chi connectivity index (χ2v) is 6.93. The third kappa shape index (κ3) is 2.09. The molecule has 0 saturated carbocycles. The first-order valence-corrected chi connectivity index (χ1v) is 8.59. The molecule has 2 aromatic rings. The lowest BCUT2D eigenvalue weighted by Gasteiger charge is -2.24. The van der Waals surface area contributed by atoms with Gasteiger partial charge in [0.05, 0.1) is 17.4 Å². The van der Waals surface area contributed by atoms with Gasteiger partial charge in [0.1, 0.15) is 5.76 Å². The SMILES string of the molecule is Cc1noc(C)c1CN1CC[C@@H]2[C@@H]1CC(=O)N2c1ccsc1. The van der Waals surface area contributed by atoms with Gasteiger partial charge in [0, 0.05) is 36.5 Å². The minimum absolute atomic E-state index is 0.247. The molecule has 5 nitrogen and oxygen atoms in total. The number of rotatable bonds is 3. The number of carbonyl (C=O) groups is 1. The lowest BCUT2D eigenvalue weighted by Crippen LogP contribution is -2.37. The van der Waals surface area contributed by atoms with Crippen molar-refractivity contribution in [3.05, 3.63) is 33.8 Å². The maximum absolute atomic E-state index is 12.4. The number of likely N-dealkylation sites (tertiary alicyclic amines) is 1. The van der Waals surface area contributed by atoms with E-state index in [-0.39, 0.29) is 5.91 Å². The Labute approximate surface area is 133 Å². The van der Waals surface area contributed by atoms with Crippen LogP contribution in [0.4, 0.5) is 5.69 Å². The van der Waals surface area contributed by atoms with E-state index < -0.39 is 0 Å². The van der Waals surface area contributed by atoms with Crippen molar-refractivity contribution in [3.8, 4) is 0 Å². The van der Waals surface area contributed by atoms with Crippen molar-refractivity contribution in [1.82, 2.24) is 10.1 Å². The van der Waals surface area contributed by atoms with Crippen LogP contribution in [0, 0.1) is 13.8 Å². The largest absolute Gasteiger partial charge is 0.361 e. The summed E-state index contributed by atoms with van der Waals surface area (Å²) in [5, 5.41) is 8.14. The standard InChI is InChI=1S/C16H19N3O2S/c1-10-13(11(2)21-17-10)8-18-5-3-14-15(18)7-16(20)19(14)12-4-6-22-9-12/h4,6,9,14-15H,3,5,7-8H2,1-2H3/t14-,15+/m1/s1. The molecule has 2 aliphatic rings. The van der Waals surface area contributed by atoms with Crippen molar-refractivity contribution in [2.24, 2.45) is 0 Å². The van der Waals surface area contributed by atoms with Gasteiger partial charge in [0.25, 0.3) is 0 Å². The Morgan fingerprint density at radius 3 is 2.95 bits per heavy atom. The lowest BCUT2D eigenvalue weighted by molar-refractivity contribution is -0.117. The van der Waals surface area contributed by atoms with Gasteiger partial charge in [-0.25, -0.2) is 0 Å². The first kappa shape index (κ1) is 14.0. The van der Waals surface area contributed by atoms with Crippen LogP contribution in [0.25, 0.3) is 0 Å².